The monoisotopic (exact) mass is 739 g/mol. The van der Waals surface area contributed by atoms with E-state index < -0.39 is 43.2 Å². The molecule has 1 amide bonds. The topological polar surface area (TPSA) is 75.4 Å². The molecule has 0 aromatic heterocycles. The summed E-state index contributed by atoms with van der Waals surface area (Å²) in [7, 11) is 4.07. The highest BCUT2D eigenvalue weighted by Gasteiger charge is 2.57. The minimum absolute atomic E-state index is 0.0162. The third-order valence-electron chi connectivity index (χ3n) is 3.09. The van der Waals surface area contributed by atoms with Crippen LogP contribution >= 0.6 is 47.8 Å². The molecule has 18 heteroatoms. The Morgan fingerprint density at radius 2 is 1.22 bits per heavy atom. The second-order valence-corrected chi connectivity index (χ2v) is 8.24. The van der Waals surface area contributed by atoms with E-state index in [2.05, 4.69) is 70.6 Å². The molecule has 5 nitrogen and oxygen atoms in total. The molecule has 1 rings (SSSR count). The zero-order chi connectivity index (χ0) is 29.4. The average Bonchev–Trinajstić information content (AvgIpc) is 2.77. The van der Waals surface area contributed by atoms with Crippen molar-refractivity contribution in [2.75, 3.05) is 42.7 Å². The number of halogens is 13. The van der Waals surface area contributed by atoms with Crippen molar-refractivity contribution >= 4 is 64.1 Å². The lowest BCUT2D eigenvalue weighted by Crippen LogP contribution is -2.47. The lowest BCUT2D eigenvalue weighted by atomic mass is 10.3. The third kappa shape index (κ3) is 19.0. The molecule has 0 aliphatic carbocycles. The van der Waals surface area contributed by atoms with Gasteiger partial charge in [-0.3, -0.25) is 9.59 Å². The summed E-state index contributed by atoms with van der Waals surface area (Å²) < 4.78 is 114. The molecular formula is C18H22Br3F10N3O2. The number of hydrogen-bond donors (Lipinski definition) is 2. The van der Waals surface area contributed by atoms with Crippen LogP contribution in [0.5, 0.6) is 0 Å². The SMILES string of the molecule is CN(C)c1ccccc1.NCC(F)(F)C(F)(F)F.O=C(Br)CBr.O=C(CBr)NCC(F)(F)C(F)(F)F. The van der Waals surface area contributed by atoms with E-state index in [-0.39, 0.29) is 10.0 Å². The van der Waals surface area contributed by atoms with Gasteiger partial charge in [0.1, 0.15) is 0 Å². The number of nitrogens with zero attached hydrogens (tertiary/aromatic N) is 1. The summed E-state index contributed by atoms with van der Waals surface area (Å²) >= 11 is 8.20. The molecule has 0 bridgehead atoms. The van der Waals surface area contributed by atoms with E-state index in [9.17, 15) is 53.5 Å². The van der Waals surface area contributed by atoms with Gasteiger partial charge in [0.2, 0.25) is 10.6 Å². The molecule has 0 unspecified atom stereocenters. The van der Waals surface area contributed by atoms with Crippen molar-refractivity contribution in [3.63, 3.8) is 0 Å². The first-order valence-electron chi connectivity index (χ1n) is 8.98. The summed E-state index contributed by atoms with van der Waals surface area (Å²) in [5.41, 5.74) is 5.37. The maximum absolute atomic E-state index is 12.1. The van der Waals surface area contributed by atoms with Gasteiger partial charge in [-0.25, -0.2) is 0 Å². The quantitative estimate of drug-likeness (QED) is 0.217. The molecule has 36 heavy (non-hydrogen) atoms. The van der Waals surface area contributed by atoms with Crippen LogP contribution in [-0.2, 0) is 9.59 Å². The van der Waals surface area contributed by atoms with E-state index in [1.165, 1.54) is 11.0 Å². The summed E-state index contributed by atoms with van der Waals surface area (Å²) in [6.45, 7) is -3.43. The lowest BCUT2D eigenvalue weighted by molar-refractivity contribution is -0.278. The second-order valence-electron chi connectivity index (χ2n) is 6.24. The first-order chi connectivity index (χ1) is 16.1. The van der Waals surface area contributed by atoms with Crippen molar-refractivity contribution in [2.24, 2.45) is 5.73 Å². The van der Waals surface area contributed by atoms with Crippen LogP contribution in [0, 0.1) is 0 Å². The van der Waals surface area contributed by atoms with Gasteiger partial charge >= 0.3 is 24.2 Å². The average molecular weight is 742 g/mol. The van der Waals surface area contributed by atoms with E-state index >= 15 is 0 Å². The second kappa shape index (κ2) is 18.2. The van der Waals surface area contributed by atoms with Gasteiger partial charge in [-0.2, -0.15) is 43.9 Å². The first-order valence-corrected chi connectivity index (χ1v) is 12.0. The predicted octanol–water partition coefficient (Wildman–Crippen LogP) is 5.89. The van der Waals surface area contributed by atoms with Gasteiger partial charge in [-0.05, 0) is 28.1 Å². The fourth-order valence-corrected chi connectivity index (χ4v) is 1.40. The van der Waals surface area contributed by atoms with Crippen LogP contribution in [0.2, 0.25) is 0 Å². The lowest BCUT2D eigenvalue weighted by Gasteiger charge is -2.19. The third-order valence-corrected chi connectivity index (χ3v) is 5.14. The van der Waals surface area contributed by atoms with Gasteiger partial charge in [0.25, 0.3) is 0 Å². The van der Waals surface area contributed by atoms with Crippen molar-refractivity contribution in [3.05, 3.63) is 30.3 Å². The molecule has 0 saturated heterocycles. The smallest absolute Gasteiger partial charge is 0.378 e. The Labute approximate surface area is 225 Å². The fourth-order valence-electron chi connectivity index (χ4n) is 1.20. The van der Waals surface area contributed by atoms with E-state index in [0.29, 0.717) is 5.33 Å². The molecule has 1 aromatic rings. The van der Waals surface area contributed by atoms with Crippen LogP contribution < -0.4 is 16.0 Å². The van der Waals surface area contributed by atoms with Crippen LogP contribution in [0.4, 0.5) is 49.6 Å². The summed E-state index contributed by atoms with van der Waals surface area (Å²) in [5.74, 6) is -10.6. The highest BCUT2D eigenvalue weighted by molar-refractivity contribution is 9.19. The van der Waals surface area contributed by atoms with E-state index in [4.69, 9.17) is 0 Å². The number of amides is 1. The van der Waals surface area contributed by atoms with Crippen LogP contribution in [0.25, 0.3) is 0 Å². The Kier molecular flexibility index (Phi) is 19.9. The molecule has 0 radical (unpaired) electrons. The van der Waals surface area contributed by atoms with Gasteiger partial charge in [0.05, 0.1) is 23.7 Å². The molecule has 1 aromatic carbocycles. The minimum Gasteiger partial charge on any atom is -0.378 e. The van der Waals surface area contributed by atoms with Gasteiger partial charge in [0.15, 0.2) is 0 Å². The number of nitrogens with one attached hydrogen (secondary N) is 1. The molecule has 0 aliphatic rings. The van der Waals surface area contributed by atoms with Gasteiger partial charge < -0.3 is 16.0 Å². The molecule has 0 heterocycles. The maximum Gasteiger partial charge on any atom is 0.455 e. The van der Waals surface area contributed by atoms with Gasteiger partial charge in [-0.15, -0.1) is 0 Å². The number of anilines is 1. The molecule has 0 saturated carbocycles. The largest absolute Gasteiger partial charge is 0.455 e. The number of nitrogens with two attached hydrogens (primary N) is 1. The molecule has 0 spiro atoms. The molecule has 0 atom stereocenters. The molecular weight excluding hydrogens is 720 g/mol. The van der Waals surface area contributed by atoms with Crippen molar-refractivity contribution in [1.29, 1.82) is 0 Å². The summed E-state index contributed by atoms with van der Waals surface area (Å²) in [6, 6.07) is 10.3. The van der Waals surface area contributed by atoms with Gasteiger partial charge in [-0.1, -0.05) is 50.1 Å². The Balaban J connectivity index is -0.000000423. The molecule has 3 N–H and O–H groups in total. The van der Waals surface area contributed by atoms with Crippen molar-refractivity contribution < 1.29 is 53.5 Å². The predicted molar refractivity (Wildman–Crippen MR) is 126 cm³/mol. The molecule has 0 aliphatic heterocycles. The normalized spacial score (nSPS) is 11.4. The van der Waals surface area contributed by atoms with Crippen molar-refractivity contribution in [3.8, 4) is 0 Å². The van der Waals surface area contributed by atoms with Gasteiger partial charge in [0, 0.05) is 19.8 Å². The minimum atomic E-state index is -5.63. The first kappa shape index (κ1) is 39.4. The number of alkyl halides is 12. The number of benzene rings is 1. The molecule has 0 fully saturated rings. The summed E-state index contributed by atoms with van der Waals surface area (Å²) in [5, 5.41) is 1.50. The van der Waals surface area contributed by atoms with Crippen LogP contribution in [-0.4, -0.2) is 72.6 Å². The number of para-hydroxylation sites is 1. The van der Waals surface area contributed by atoms with E-state index in [1.807, 2.05) is 32.3 Å². The zero-order valence-corrected chi connectivity index (χ0v) is 23.2. The van der Waals surface area contributed by atoms with Crippen LogP contribution in [0.15, 0.2) is 30.3 Å². The standard InChI is InChI=1S/C8H11N.C5H5BrF5NO.C3H4F5N.C2H2Br2O/c1-9(2)8-6-4-3-5-7-8;6-1-3(13)12-2-4(7,8)5(9,10)11;4-2(5,1-9)3(6,7)8;3-1-2(4)5/h3-7H,1-2H3;1-2H2,(H,12,13);1,9H2;1H2. The Bertz CT molecular complexity index is 750. The Hall–Kier alpha value is -1.14. The number of carbonyl (C=O) groups excluding carboxylic acids is 2. The fraction of sp³-hybridized carbons (Fsp3) is 0.556. The van der Waals surface area contributed by atoms with Crippen molar-refractivity contribution in [2.45, 2.75) is 24.2 Å². The van der Waals surface area contributed by atoms with Crippen molar-refractivity contribution in [1.82, 2.24) is 5.32 Å². The number of carbonyl (C=O) groups is 2. The molecule has 212 valence electrons. The van der Waals surface area contributed by atoms with Crippen LogP contribution in [0.1, 0.15) is 0 Å². The Morgan fingerprint density at radius 3 is 1.42 bits per heavy atom. The highest BCUT2D eigenvalue weighted by atomic mass is 79.9. The Morgan fingerprint density at radius 1 is 0.833 bits per heavy atom. The van der Waals surface area contributed by atoms with E-state index in [1.54, 1.807) is 0 Å². The van der Waals surface area contributed by atoms with Crippen LogP contribution in [0.3, 0.4) is 0 Å². The van der Waals surface area contributed by atoms with E-state index in [0.717, 1.165) is 0 Å². The summed E-state index contributed by atoms with van der Waals surface area (Å²) in [4.78, 5) is 22.1. The summed E-state index contributed by atoms with van der Waals surface area (Å²) in [6.07, 6.45) is -11.1. The zero-order valence-electron chi connectivity index (χ0n) is 18.5. The number of rotatable bonds is 6. The number of hydrogen-bond acceptors (Lipinski definition) is 4. The maximum atomic E-state index is 12.1. The highest BCUT2D eigenvalue weighted by Crippen LogP contribution is 2.35.